The van der Waals surface area contributed by atoms with Gasteiger partial charge in [-0.05, 0) is 49.4 Å². The van der Waals surface area contributed by atoms with Gasteiger partial charge >= 0.3 is 0 Å². The van der Waals surface area contributed by atoms with E-state index in [1.54, 1.807) is 0 Å². The molecule has 112 valence electrons. The zero-order chi connectivity index (χ0) is 14.4. The molecule has 1 saturated carbocycles. The van der Waals surface area contributed by atoms with E-state index in [-0.39, 0.29) is 0 Å². The van der Waals surface area contributed by atoms with E-state index in [2.05, 4.69) is 43.0 Å². The standard InChI is InChI=1S/C17H28N2O/c1-14(2)13-19(16-5-6-16)11-12-20-17-7-3-15(4-8-17)9-10-18/h3-4,7-8,14,16H,5-6,9-13,18H2,1-2H3. The smallest absolute Gasteiger partial charge is 0.119 e. The number of hydrogen-bond donors (Lipinski definition) is 1. The van der Waals surface area contributed by atoms with E-state index < -0.39 is 0 Å². The monoisotopic (exact) mass is 276 g/mol. The van der Waals surface area contributed by atoms with Crippen LogP contribution in [0.3, 0.4) is 0 Å². The van der Waals surface area contributed by atoms with Crippen molar-refractivity contribution < 1.29 is 4.74 Å². The van der Waals surface area contributed by atoms with Crippen molar-refractivity contribution in [3.63, 3.8) is 0 Å². The maximum atomic E-state index is 5.86. The van der Waals surface area contributed by atoms with Gasteiger partial charge in [-0.25, -0.2) is 0 Å². The topological polar surface area (TPSA) is 38.5 Å². The molecule has 0 atom stereocenters. The third kappa shape index (κ3) is 5.14. The summed E-state index contributed by atoms with van der Waals surface area (Å²) in [6.45, 7) is 8.26. The van der Waals surface area contributed by atoms with Gasteiger partial charge in [0.1, 0.15) is 12.4 Å². The predicted molar refractivity (Wildman–Crippen MR) is 84.1 cm³/mol. The Morgan fingerprint density at radius 1 is 1.25 bits per heavy atom. The first-order valence-electron chi connectivity index (χ1n) is 7.85. The van der Waals surface area contributed by atoms with Gasteiger partial charge in [-0.3, -0.25) is 4.90 Å². The second-order valence-electron chi connectivity index (χ2n) is 6.15. The Morgan fingerprint density at radius 3 is 2.50 bits per heavy atom. The minimum atomic E-state index is 0.700. The van der Waals surface area contributed by atoms with Crippen LogP contribution in [-0.4, -0.2) is 37.2 Å². The lowest BCUT2D eigenvalue weighted by molar-refractivity contribution is 0.185. The Kier molecular flexibility index (Phi) is 5.86. The molecule has 1 aromatic rings. The van der Waals surface area contributed by atoms with Crippen LogP contribution in [0.15, 0.2) is 24.3 Å². The summed E-state index contributed by atoms with van der Waals surface area (Å²) in [6, 6.07) is 9.13. The summed E-state index contributed by atoms with van der Waals surface area (Å²) in [7, 11) is 0. The summed E-state index contributed by atoms with van der Waals surface area (Å²) in [5.41, 5.74) is 6.83. The van der Waals surface area contributed by atoms with Crippen LogP contribution in [0.5, 0.6) is 5.75 Å². The van der Waals surface area contributed by atoms with Crippen molar-refractivity contribution in [2.24, 2.45) is 11.7 Å². The Labute approximate surface area is 123 Å². The van der Waals surface area contributed by atoms with Gasteiger partial charge in [-0.15, -0.1) is 0 Å². The second kappa shape index (κ2) is 7.65. The van der Waals surface area contributed by atoms with Gasteiger partial charge in [0.15, 0.2) is 0 Å². The van der Waals surface area contributed by atoms with Crippen LogP contribution in [0.25, 0.3) is 0 Å². The summed E-state index contributed by atoms with van der Waals surface area (Å²) >= 11 is 0. The molecule has 2 N–H and O–H groups in total. The van der Waals surface area contributed by atoms with Crippen molar-refractivity contribution in [2.45, 2.75) is 39.2 Å². The molecule has 1 fully saturated rings. The fourth-order valence-electron chi connectivity index (χ4n) is 2.53. The molecule has 0 heterocycles. The quantitative estimate of drug-likeness (QED) is 0.753. The molecule has 0 bridgehead atoms. The Balaban J connectivity index is 1.73. The van der Waals surface area contributed by atoms with Crippen LogP contribution >= 0.6 is 0 Å². The number of ether oxygens (including phenoxy) is 1. The first kappa shape index (κ1) is 15.3. The number of rotatable bonds is 9. The lowest BCUT2D eigenvalue weighted by Gasteiger charge is -2.23. The predicted octanol–water partition coefficient (Wildman–Crippen LogP) is 2.69. The Morgan fingerprint density at radius 2 is 1.95 bits per heavy atom. The van der Waals surface area contributed by atoms with E-state index in [0.717, 1.165) is 37.3 Å². The number of nitrogens with zero attached hydrogens (tertiary/aromatic N) is 1. The maximum Gasteiger partial charge on any atom is 0.119 e. The molecule has 0 spiro atoms. The van der Waals surface area contributed by atoms with Crippen molar-refractivity contribution in [3.8, 4) is 5.75 Å². The van der Waals surface area contributed by atoms with Gasteiger partial charge in [0.25, 0.3) is 0 Å². The molecule has 20 heavy (non-hydrogen) atoms. The molecule has 3 nitrogen and oxygen atoms in total. The van der Waals surface area contributed by atoms with E-state index in [1.807, 2.05) is 0 Å². The molecule has 0 aromatic heterocycles. The molecule has 1 aromatic carbocycles. The Hall–Kier alpha value is -1.06. The average molecular weight is 276 g/mol. The van der Waals surface area contributed by atoms with Gasteiger partial charge < -0.3 is 10.5 Å². The van der Waals surface area contributed by atoms with Crippen LogP contribution in [0, 0.1) is 5.92 Å². The fraction of sp³-hybridized carbons (Fsp3) is 0.647. The molecule has 0 unspecified atom stereocenters. The van der Waals surface area contributed by atoms with Crippen LogP contribution in [0.1, 0.15) is 32.3 Å². The van der Waals surface area contributed by atoms with Crippen molar-refractivity contribution in [3.05, 3.63) is 29.8 Å². The summed E-state index contributed by atoms with van der Waals surface area (Å²) < 4.78 is 5.86. The summed E-state index contributed by atoms with van der Waals surface area (Å²) in [6.07, 6.45) is 3.66. The lowest BCUT2D eigenvalue weighted by atomic mass is 10.1. The number of benzene rings is 1. The van der Waals surface area contributed by atoms with Crippen molar-refractivity contribution in [1.29, 1.82) is 0 Å². The second-order valence-corrected chi connectivity index (χ2v) is 6.15. The highest BCUT2D eigenvalue weighted by Gasteiger charge is 2.28. The van der Waals surface area contributed by atoms with E-state index in [9.17, 15) is 0 Å². The zero-order valence-corrected chi connectivity index (χ0v) is 12.8. The largest absolute Gasteiger partial charge is 0.492 e. The van der Waals surface area contributed by atoms with Gasteiger partial charge in [0.05, 0.1) is 0 Å². The Bertz CT molecular complexity index is 384. The maximum absolute atomic E-state index is 5.86. The highest BCUT2D eigenvalue weighted by Crippen LogP contribution is 2.27. The third-order valence-corrected chi connectivity index (χ3v) is 3.67. The number of hydrogen-bond acceptors (Lipinski definition) is 3. The summed E-state index contributed by atoms with van der Waals surface area (Å²) in [5.74, 6) is 1.69. The van der Waals surface area contributed by atoms with Crippen molar-refractivity contribution >= 4 is 0 Å². The van der Waals surface area contributed by atoms with Crippen LogP contribution in [0.4, 0.5) is 0 Å². The molecule has 0 saturated heterocycles. The van der Waals surface area contributed by atoms with Gasteiger partial charge in [0.2, 0.25) is 0 Å². The molecule has 0 aliphatic heterocycles. The average Bonchev–Trinajstić information content (AvgIpc) is 3.24. The van der Waals surface area contributed by atoms with E-state index in [0.29, 0.717) is 6.54 Å². The highest BCUT2D eigenvalue weighted by molar-refractivity contribution is 5.27. The first-order valence-corrected chi connectivity index (χ1v) is 7.85. The zero-order valence-electron chi connectivity index (χ0n) is 12.8. The SMILES string of the molecule is CC(C)CN(CCOc1ccc(CCN)cc1)C1CC1. The van der Waals surface area contributed by atoms with Gasteiger partial charge in [-0.1, -0.05) is 26.0 Å². The van der Waals surface area contributed by atoms with Crippen molar-refractivity contribution in [1.82, 2.24) is 4.90 Å². The van der Waals surface area contributed by atoms with E-state index >= 15 is 0 Å². The van der Waals surface area contributed by atoms with Crippen LogP contribution in [-0.2, 0) is 6.42 Å². The van der Waals surface area contributed by atoms with E-state index in [4.69, 9.17) is 10.5 Å². The molecule has 0 amide bonds. The molecule has 1 aliphatic rings. The first-order chi connectivity index (χ1) is 9.69. The molecular formula is C17H28N2O. The fourth-order valence-corrected chi connectivity index (χ4v) is 2.53. The lowest BCUT2D eigenvalue weighted by Crippen LogP contribution is -2.33. The van der Waals surface area contributed by atoms with Crippen LogP contribution < -0.4 is 10.5 Å². The molecule has 3 heteroatoms. The molecule has 2 rings (SSSR count). The summed E-state index contributed by atoms with van der Waals surface area (Å²) in [4.78, 5) is 2.58. The van der Waals surface area contributed by atoms with Crippen LogP contribution in [0.2, 0.25) is 0 Å². The number of nitrogens with two attached hydrogens (primary N) is 1. The molecular weight excluding hydrogens is 248 g/mol. The normalized spacial score (nSPS) is 15.1. The minimum Gasteiger partial charge on any atom is -0.492 e. The third-order valence-electron chi connectivity index (χ3n) is 3.67. The molecule has 1 aliphatic carbocycles. The minimum absolute atomic E-state index is 0.700. The highest BCUT2D eigenvalue weighted by atomic mass is 16.5. The molecule has 0 radical (unpaired) electrons. The van der Waals surface area contributed by atoms with Gasteiger partial charge in [-0.2, -0.15) is 0 Å². The summed E-state index contributed by atoms with van der Waals surface area (Å²) in [5, 5.41) is 0. The van der Waals surface area contributed by atoms with E-state index in [1.165, 1.54) is 24.9 Å². The van der Waals surface area contributed by atoms with Crippen molar-refractivity contribution in [2.75, 3.05) is 26.2 Å². The van der Waals surface area contributed by atoms with Gasteiger partial charge in [0, 0.05) is 19.1 Å².